The Hall–Kier alpha value is -2.94. The van der Waals surface area contributed by atoms with E-state index < -0.39 is 34.3 Å². The molecule has 0 spiro atoms. The Labute approximate surface area is 249 Å². The van der Waals surface area contributed by atoms with Gasteiger partial charge in [-0.3, -0.25) is 13.9 Å². The topological polar surface area (TPSA) is 86.8 Å². The van der Waals surface area contributed by atoms with Crippen molar-refractivity contribution in [3.05, 3.63) is 65.5 Å². The van der Waals surface area contributed by atoms with Crippen LogP contribution in [0.1, 0.15) is 76.8 Å². The molecule has 228 valence electrons. The van der Waals surface area contributed by atoms with Gasteiger partial charge in [0.05, 0.1) is 11.9 Å². The first-order valence-electron chi connectivity index (χ1n) is 15.3. The van der Waals surface area contributed by atoms with Crippen molar-refractivity contribution in [2.24, 2.45) is 17.8 Å². The van der Waals surface area contributed by atoms with E-state index in [1.165, 1.54) is 61.1 Å². The van der Waals surface area contributed by atoms with Crippen molar-refractivity contribution in [3.63, 3.8) is 0 Å². The summed E-state index contributed by atoms with van der Waals surface area (Å²) in [5.41, 5.74) is 2.54. The highest BCUT2D eigenvalue weighted by atomic mass is 32.2. The summed E-state index contributed by atoms with van der Waals surface area (Å²) >= 11 is 0. The van der Waals surface area contributed by atoms with Crippen LogP contribution >= 0.6 is 0 Å². The molecule has 6 rings (SSSR count). The number of carbonyl (C=O) groups is 2. The predicted molar refractivity (Wildman–Crippen MR) is 163 cm³/mol. The fourth-order valence-corrected chi connectivity index (χ4v) is 9.00. The van der Waals surface area contributed by atoms with Crippen LogP contribution in [-0.4, -0.2) is 50.0 Å². The summed E-state index contributed by atoms with van der Waals surface area (Å²) in [5, 5.41) is 2.87. The Morgan fingerprint density at radius 1 is 0.952 bits per heavy atom. The van der Waals surface area contributed by atoms with E-state index >= 15 is 0 Å². The maximum atomic E-state index is 13.9. The zero-order valence-electron chi connectivity index (χ0n) is 25.2. The highest BCUT2D eigenvalue weighted by molar-refractivity contribution is 7.92. The molecule has 2 aromatic carbocycles. The lowest BCUT2D eigenvalue weighted by atomic mass is 9.48. The van der Waals surface area contributed by atoms with E-state index in [1.54, 1.807) is 12.1 Å². The lowest BCUT2D eigenvalue weighted by molar-refractivity contribution is -0.140. The smallest absolute Gasteiger partial charge is 0.244 e. The number of halogens is 1. The first kappa shape index (κ1) is 30.5. The molecule has 42 heavy (non-hydrogen) atoms. The second kappa shape index (κ2) is 12.0. The Balaban J connectivity index is 1.40. The molecule has 0 saturated heterocycles. The minimum atomic E-state index is -3.82. The molecule has 4 saturated carbocycles. The van der Waals surface area contributed by atoms with Gasteiger partial charge < -0.3 is 10.2 Å². The minimum absolute atomic E-state index is 0.0473. The Morgan fingerprint density at radius 2 is 1.50 bits per heavy atom. The number of benzene rings is 2. The van der Waals surface area contributed by atoms with E-state index in [2.05, 4.69) is 17.4 Å². The quantitative estimate of drug-likeness (QED) is 0.376. The fourth-order valence-electron chi connectivity index (χ4n) is 8.15. The lowest BCUT2D eigenvalue weighted by Crippen LogP contribution is -2.53. The summed E-state index contributed by atoms with van der Waals surface area (Å²) in [7, 11) is -3.82. The molecule has 0 aromatic heterocycles. The van der Waals surface area contributed by atoms with E-state index in [0.29, 0.717) is 17.7 Å². The fraction of sp³-hybridized carbons (Fsp3) is 0.576. The molecule has 7 nitrogen and oxygen atoms in total. The van der Waals surface area contributed by atoms with Gasteiger partial charge >= 0.3 is 0 Å². The van der Waals surface area contributed by atoms with Gasteiger partial charge in [-0.05, 0) is 117 Å². The monoisotopic (exact) mass is 597 g/mol. The summed E-state index contributed by atoms with van der Waals surface area (Å²) in [6, 6.07) is 12.6. The second-order valence-corrected chi connectivity index (χ2v) is 15.2. The molecule has 1 atom stereocenters. The van der Waals surface area contributed by atoms with Crippen LogP contribution in [0.4, 0.5) is 10.1 Å². The number of nitrogens with one attached hydrogen (secondary N) is 1. The van der Waals surface area contributed by atoms with Gasteiger partial charge in [-0.15, -0.1) is 0 Å². The van der Waals surface area contributed by atoms with Crippen molar-refractivity contribution in [1.29, 1.82) is 0 Å². The minimum Gasteiger partial charge on any atom is -0.352 e. The van der Waals surface area contributed by atoms with Crippen molar-refractivity contribution in [1.82, 2.24) is 10.2 Å². The molecule has 2 amide bonds. The van der Waals surface area contributed by atoms with Gasteiger partial charge in [0.1, 0.15) is 18.4 Å². The average molecular weight is 598 g/mol. The lowest BCUT2D eigenvalue weighted by Gasteiger charge is -2.57. The van der Waals surface area contributed by atoms with Gasteiger partial charge in [0.2, 0.25) is 21.8 Å². The zero-order valence-corrected chi connectivity index (χ0v) is 26.0. The van der Waals surface area contributed by atoms with Crippen LogP contribution in [0.15, 0.2) is 48.5 Å². The van der Waals surface area contributed by atoms with Crippen LogP contribution in [-0.2, 0) is 31.6 Å². The maximum Gasteiger partial charge on any atom is 0.244 e. The number of sulfonamides is 1. The van der Waals surface area contributed by atoms with Crippen LogP contribution in [0.25, 0.3) is 0 Å². The molecule has 4 aliphatic carbocycles. The van der Waals surface area contributed by atoms with E-state index in [4.69, 9.17) is 0 Å². The van der Waals surface area contributed by atoms with Gasteiger partial charge in [-0.2, -0.15) is 0 Å². The number of amides is 2. The summed E-state index contributed by atoms with van der Waals surface area (Å²) in [6.07, 6.45) is 9.12. The SMILES string of the molecule is CC[C@@H](C(=O)NC(C)C)N(Cc1ccc(F)cc1)C(=O)CN(c1ccc(C23CC4CC(CC(C4)C2)C3)cc1)S(C)(=O)=O. The highest BCUT2D eigenvalue weighted by Gasteiger charge is 2.51. The number of carbonyl (C=O) groups excluding carboxylic acids is 2. The zero-order chi connectivity index (χ0) is 30.2. The van der Waals surface area contributed by atoms with Crippen LogP contribution in [0.3, 0.4) is 0 Å². The van der Waals surface area contributed by atoms with Gasteiger partial charge in [-0.1, -0.05) is 31.2 Å². The number of hydrogen-bond acceptors (Lipinski definition) is 4. The molecule has 4 aliphatic rings. The largest absolute Gasteiger partial charge is 0.352 e. The van der Waals surface area contributed by atoms with Crippen LogP contribution in [0.2, 0.25) is 0 Å². The first-order chi connectivity index (χ1) is 19.9. The number of anilines is 1. The number of rotatable bonds is 11. The third kappa shape index (κ3) is 6.51. The first-order valence-corrected chi connectivity index (χ1v) is 17.1. The Bertz CT molecular complexity index is 1360. The van der Waals surface area contributed by atoms with Crippen molar-refractivity contribution in [2.45, 2.75) is 89.8 Å². The summed E-state index contributed by atoms with van der Waals surface area (Å²) in [5.74, 6) is 1.18. The van der Waals surface area contributed by atoms with Crippen molar-refractivity contribution < 1.29 is 22.4 Å². The molecule has 0 unspecified atom stereocenters. The molecule has 2 aromatic rings. The molecule has 1 N–H and O–H groups in total. The summed E-state index contributed by atoms with van der Waals surface area (Å²) in [4.78, 5) is 28.4. The Morgan fingerprint density at radius 3 is 1.98 bits per heavy atom. The van der Waals surface area contributed by atoms with Crippen LogP contribution in [0, 0.1) is 23.6 Å². The maximum absolute atomic E-state index is 13.9. The van der Waals surface area contributed by atoms with E-state index in [0.717, 1.165) is 28.3 Å². The molecule has 4 bridgehead atoms. The third-order valence-electron chi connectivity index (χ3n) is 9.57. The molecule has 0 aliphatic heterocycles. The standard InChI is InChI=1S/C33H44FN3O4S/c1-5-30(32(39)35-22(2)3)36(20-23-6-10-28(34)11-7-23)31(38)21-37(42(4,40)41)29-12-8-27(9-13-29)33-17-24-14-25(18-33)16-26(15-24)19-33/h6-13,22,24-26,30H,5,14-21H2,1-4H3,(H,35,39)/t24?,25?,26?,30-,33?/m0/s1. The number of nitrogens with zero attached hydrogens (tertiary/aromatic N) is 2. The van der Waals surface area contributed by atoms with E-state index in [1.807, 2.05) is 32.9 Å². The second-order valence-electron chi connectivity index (χ2n) is 13.2. The van der Waals surface area contributed by atoms with E-state index in [-0.39, 0.29) is 23.9 Å². The third-order valence-corrected chi connectivity index (χ3v) is 10.7. The van der Waals surface area contributed by atoms with Crippen LogP contribution < -0.4 is 9.62 Å². The average Bonchev–Trinajstić information content (AvgIpc) is 2.91. The molecular formula is C33H44FN3O4S. The summed E-state index contributed by atoms with van der Waals surface area (Å²) in [6.45, 7) is 5.10. The van der Waals surface area contributed by atoms with Gasteiger partial charge in [0, 0.05) is 12.6 Å². The van der Waals surface area contributed by atoms with Crippen molar-refractivity contribution in [2.75, 3.05) is 17.1 Å². The van der Waals surface area contributed by atoms with Crippen molar-refractivity contribution >= 4 is 27.5 Å². The van der Waals surface area contributed by atoms with Crippen molar-refractivity contribution in [3.8, 4) is 0 Å². The molecule has 0 radical (unpaired) electrons. The normalized spacial score (nSPS) is 25.3. The molecule has 0 heterocycles. The van der Waals surface area contributed by atoms with E-state index in [9.17, 15) is 22.4 Å². The summed E-state index contributed by atoms with van der Waals surface area (Å²) < 4.78 is 40.8. The molecule has 9 heteroatoms. The molecule has 4 fully saturated rings. The van der Waals surface area contributed by atoms with Crippen LogP contribution in [0.5, 0.6) is 0 Å². The highest BCUT2D eigenvalue weighted by Crippen LogP contribution is 2.60. The Kier molecular flexibility index (Phi) is 8.70. The number of hydrogen-bond donors (Lipinski definition) is 1. The predicted octanol–water partition coefficient (Wildman–Crippen LogP) is 5.39. The van der Waals surface area contributed by atoms with Gasteiger partial charge in [0.15, 0.2) is 0 Å². The molecular weight excluding hydrogens is 553 g/mol. The van der Waals surface area contributed by atoms with Gasteiger partial charge in [0.25, 0.3) is 0 Å². The van der Waals surface area contributed by atoms with Gasteiger partial charge in [-0.25, -0.2) is 12.8 Å².